The molecule has 0 fully saturated rings. The van der Waals surface area contributed by atoms with E-state index >= 15 is 0 Å². The third kappa shape index (κ3) is 10.2. The number of aromatic nitrogens is 1. The van der Waals surface area contributed by atoms with Gasteiger partial charge in [-0.25, -0.2) is 4.98 Å². The molecule has 4 nitrogen and oxygen atoms in total. The molecule has 0 aliphatic carbocycles. The van der Waals surface area contributed by atoms with E-state index in [1.165, 1.54) is 5.56 Å². The normalized spacial score (nSPS) is 10.9. The summed E-state index contributed by atoms with van der Waals surface area (Å²) in [6.07, 6.45) is 5.94. The monoisotopic (exact) mass is 442 g/mol. The Morgan fingerprint density at radius 1 is 1.38 bits per heavy atom. The van der Waals surface area contributed by atoms with Crippen molar-refractivity contribution >= 4 is 53.3 Å². The molecular weight excluding hydrogens is 419 g/mol. The average Bonchev–Trinajstić information content (AvgIpc) is 2.45. The van der Waals surface area contributed by atoms with Crippen LogP contribution in [-0.4, -0.2) is 42.6 Å². The van der Waals surface area contributed by atoms with E-state index in [4.69, 9.17) is 11.6 Å². The predicted octanol–water partition coefficient (Wildman–Crippen LogP) is 3.20. The molecule has 0 aliphatic rings. The molecule has 7 heteroatoms. The second kappa shape index (κ2) is 13.5. The summed E-state index contributed by atoms with van der Waals surface area (Å²) < 4.78 is 0. The standard InChI is InChI=1S/C14H23ClN4S.HI/c1-3-16-14(17-8-4-10-20-2)18-9-7-12-5-6-13(15)19-11-12;/h5-6,11H,3-4,7-10H2,1-2H3,(H2,16,17,18);1H. The molecule has 21 heavy (non-hydrogen) atoms. The Bertz CT molecular complexity index is 400. The highest BCUT2D eigenvalue weighted by Gasteiger charge is 1.98. The van der Waals surface area contributed by atoms with Crippen molar-refractivity contribution in [1.29, 1.82) is 0 Å². The number of nitrogens with one attached hydrogen (secondary N) is 2. The second-order valence-electron chi connectivity index (χ2n) is 4.27. The molecule has 0 amide bonds. The fourth-order valence-electron chi connectivity index (χ4n) is 1.62. The van der Waals surface area contributed by atoms with Crippen LogP contribution >= 0.6 is 47.3 Å². The van der Waals surface area contributed by atoms with Crippen LogP contribution in [0.2, 0.25) is 5.15 Å². The maximum Gasteiger partial charge on any atom is 0.191 e. The summed E-state index contributed by atoms with van der Waals surface area (Å²) in [6, 6.07) is 3.82. The first kappa shape index (κ1) is 20.8. The summed E-state index contributed by atoms with van der Waals surface area (Å²) in [7, 11) is 0. The average molecular weight is 443 g/mol. The summed E-state index contributed by atoms with van der Waals surface area (Å²) >= 11 is 7.62. The number of rotatable bonds is 8. The van der Waals surface area contributed by atoms with Crippen LogP contribution < -0.4 is 10.6 Å². The quantitative estimate of drug-likeness (QED) is 0.213. The van der Waals surface area contributed by atoms with Crippen LogP contribution in [0.3, 0.4) is 0 Å². The van der Waals surface area contributed by atoms with E-state index in [1.54, 1.807) is 0 Å². The van der Waals surface area contributed by atoms with Crippen LogP contribution in [0, 0.1) is 0 Å². The highest BCUT2D eigenvalue weighted by Crippen LogP contribution is 2.05. The molecule has 0 aromatic carbocycles. The first-order valence-corrected chi connectivity index (χ1v) is 8.65. The van der Waals surface area contributed by atoms with Gasteiger partial charge in [-0.2, -0.15) is 11.8 Å². The third-order valence-electron chi connectivity index (χ3n) is 2.62. The highest BCUT2D eigenvalue weighted by atomic mass is 127. The van der Waals surface area contributed by atoms with Crippen LogP contribution in [0.15, 0.2) is 23.3 Å². The van der Waals surface area contributed by atoms with Crippen molar-refractivity contribution in [2.75, 3.05) is 31.6 Å². The zero-order valence-corrected chi connectivity index (χ0v) is 16.5. The molecule has 1 heterocycles. The van der Waals surface area contributed by atoms with E-state index in [1.807, 2.05) is 30.1 Å². The van der Waals surface area contributed by atoms with Gasteiger partial charge in [0, 0.05) is 25.8 Å². The Labute approximate surface area is 154 Å². The van der Waals surface area contributed by atoms with Gasteiger partial charge in [0.2, 0.25) is 0 Å². The molecule has 0 saturated heterocycles. The fourth-order valence-corrected chi connectivity index (χ4v) is 2.15. The first-order valence-electron chi connectivity index (χ1n) is 6.87. The molecule has 0 spiro atoms. The highest BCUT2D eigenvalue weighted by molar-refractivity contribution is 14.0. The topological polar surface area (TPSA) is 49.3 Å². The van der Waals surface area contributed by atoms with Crippen LogP contribution in [0.1, 0.15) is 18.9 Å². The van der Waals surface area contributed by atoms with E-state index in [0.717, 1.165) is 44.2 Å². The Hall–Kier alpha value is -0.210. The minimum atomic E-state index is 0. The van der Waals surface area contributed by atoms with E-state index in [0.29, 0.717) is 5.15 Å². The molecule has 0 atom stereocenters. The molecule has 0 radical (unpaired) electrons. The largest absolute Gasteiger partial charge is 0.357 e. The van der Waals surface area contributed by atoms with Gasteiger partial charge < -0.3 is 10.6 Å². The smallest absolute Gasteiger partial charge is 0.191 e. The molecule has 1 rings (SSSR count). The number of hydrogen-bond acceptors (Lipinski definition) is 3. The third-order valence-corrected chi connectivity index (χ3v) is 3.54. The molecular formula is C14H24ClIN4S. The number of pyridine rings is 1. The lowest BCUT2D eigenvalue weighted by atomic mass is 10.2. The lowest BCUT2D eigenvalue weighted by Crippen LogP contribution is -2.38. The maximum atomic E-state index is 5.76. The van der Waals surface area contributed by atoms with Gasteiger partial charge in [-0.05, 0) is 43.4 Å². The van der Waals surface area contributed by atoms with Crippen LogP contribution in [0.25, 0.3) is 0 Å². The zero-order valence-electron chi connectivity index (χ0n) is 12.6. The molecule has 0 unspecified atom stereocenters. The van der Waals surface area contributed by atoms with Gasteiger partial charge >= 0.3 is 0 Å². The Morgan fingerprint density at radius 2 is 2.19 bits per heavy atom. The van der Waals surface area contributed by atoms with Gasteiger partial charge in [-0.1, -0.05) is 17.7 Å². The zero-order chi connectivity index (χ0) is 14.6. The van der Waals surface area contributed by atoms with Gasteiger partial charge in [0.25, 0.3) is 0 Å². The number of hydrogen-bond donors (Lipinski definition) is 2. The van der Waals surface area contributed by atoms with E-state index in [2.05, 4.69) is 33.8 Å². The van der Waals surface area contributed by atoms with Crippen molar-refractivity contribution in [3.8, 4) is 0 Å². The SMILES string of the molecule is CCNC(=NCCCSC)NCCc1ccc(Cl)nc1.I. The lowest BCUT2D eigenvalue weighted by molar-refractivity contribution is 0.793. The van der Waals surface area contributed by atoms with Gasteiger partial charge in [0.1, 0.15) is 5.15 Å². The van der Waals surface area contributed by atoms with E-state index in [-0.39, 0.29) is 24.0 Å². The van der Waals surface area contributed by atoms with Crippen LogP contribution in [-0.2, 0) is 6.42 Å². The number of aliphatic imine (C=N–C) groups is 1. The van der Waals surface area contributed by atoms with Gasteiger partial charge in [0.05, 0.1) is 0 Å². The molecule has 0 saturated carbocycles. The van der Waals surface area contributed by atoms with Crippen molar-refractivity contribution in [3.05, 3.63) is 29.0 Å². The summed E-state index contributed by atoms with van der Waals surface area (Å²) in [5.41, 5.74) is 1.17. The van der Waals surface area contributed by atoms with Crippen molar-refractivity contribution in [2.45, 2.75) is 19.8 Å². The minimum absolute atomic E-state index is 0. The lowest BCUT2D eigenvalue weighted by Gasteiger charge is -2.11. The second-order valence-corrected chi connectivity index (χ2v) is 5.65. The molecule has 1 aromatic heterocycles. The Kier molecular flexibility index (Phi) is 13.3. The number of guanidine groups is 1. The number of thioether (sulfide) groups is 1. The van der Waals surface area contributed by atoms with Crippen molar-refractivity contribution in [2.24, 2.45) is 4.99 Å². The predicted molar refractivity (Wildman–Crippen MR) is 105 cm³/mol. The molecule has 2 N–H and O–H groups in total. The first-order chi connectivity index (χ1) is 9.76. The van der Waals surface area contributed by atoms with E-state index < -0.39 is 0 Å². The minimum Gasteiger partial charge on any atom is -0.357 e. The van der Waals surface area contributed by atoms with Gasteiger partial charge in [0.15, 0.2) is 5.96 Å². The van der Waals surface area contributed by atoms with Crippen molar-refractivity contribution < 1.29 is 0 Å². The number of nitrogens with zero attached hydrogens (tertiary/aromatic N) is 2. The Morgan fingerprint density at radius 3 is 2.81 bits per heavy atom. The summed E-state index contributed by atoms with van der Waals surface area (Å²) in [5.74, 6) is 2.04. The van der Waals surface area contributed by atoms with Crippen LogP contribution in [0.4, 0.5) is 0 Å². The van der Waals surface area contributed by atoms with Crippen molar-refractivity contribution in [1.82, 2.24) is 15.6 Å². The van der Waals surface area contributed by atoms with E-state index in [9.17, 15) is 0 Å². The summed E-state index contributed by atoms with van der Waals surface area (Å²) in [6.45, 7) is 4.63. The maximum absolute atomic E-state index is 5.76. The van der Waals surface area contributed by atoms with Gasteiger partial charge in [-0.3, -0.25) is 4.99 Å². The molecule has 120 valence electrons. The number of halogens is 2. The molecule has 0 bridgehead atoms. The van der Waals surface area contributed by atoms with Crippen LogP contribution in [0.5, 0.6) is 0 Å². The van der Waals surface area contributed by atoms with Gasteiger partial charge in [-0.15, -0.1) is 24.0 Å². The fraction of sp³-hybridized carbons (Fsp3) is 0.571. The molecule has 1 aromatic rings. The summed E-state index contributed by atoms with van der Waals surface area (Å²) in [5, 5.41) is 7.12. The molecule has 0 aliphatic heterocycles. The summed E-state index contributed by atoms with van der Waals surface area (Å²) in [4.78, 5) is 8.61. The Balaban J connectivity index is 0.00000400. The van der Waals surface area contributed by atoms with Crippen molar-refractivity contribution in [3.63, 3.8) is 0 Å².